The molecule has 0 aliphatic rings. The van der Waals surface area contributed by atoms with E-state index in [1.54, 1.807) is 17.9 Å². The first-order chi connectivity index (χ1) is 13.4. The van der Waals surface area contributed by atoms with Gasteiger partial charge in [-0.3, -0.25) is 9.59 Å². The van der Waals surface area contributed by atoms with Crippen LogP contribution in [0.2, 0.25) is 5.02 Å². The zero-order valence-electron chi connectivity index (χ0n) is 16.8. The molecule has 150 valence electrons. The normalized spacial score (nSPS) is 12.9. The second-order valence-electron chi connectivity index (χ2n) is 7.13. The number of benzene rings is 2. The molecule has 0 saturated carbocycles. The number of carbonyl (C=O) groups is 2. The summed E-state index contributed by atoms with van der Waals surface area (Å²) in [6, 6.07) is 16.8. The third-order valence-electron chi connectivity index (χ3n) is 4.88. The summed E-state index contributed by atoms with van der Waals surface area (Å²) in [5, 5.41) is 3.59. The predicted molar refractivity (Wildman–Crippen MR) is 114 cm³/mol. The molecule has 0 bridgehead atoms. The lowest BCUT2D eigenvalue weighted by atomic mass is 10.1. The van der Waals surface area contributed by atoms with Crippen molar-refractivity contribution in [3.8, 4) is 0 Å². The quantitative estimate of drug-likeness (QED) is 0.668. The van der Waals surface area contributed by atoms with Crippen LogP contribution in [0.15, 0.2) is 54.6 Å². The van der Waals surface area contributed by atoms with E-state index in [9.17, 15) is 9.59 Å². The predicted octanol–water partition coefficient (Wildman–Crippen LogP) is 4.60. The number of carbonyl (C=O) groups excluding carboxylic acids is 2. The summed E-state index contributed by atoms with van der Waals surface area (Å²) >= 11 is 6.10. The Balaban J connectivity index is 2.14. The van der Waals surface area contributed by atoms with Gasteiger partial charge >= 0.3 is 0 Å². The molecule has 0 heterocycles. The van der Waals surface area contributed by atoms with Crippen LogP contribution in [0.25, 0.3) is 0 Å². The van der Waals surface area contributed by atoms with Gasteiger partial charge < -0.3 is 10.2 Å². The first-order valence-corrected chi connectivity index (χ1v) is 10.2. The SMILES string of the molecule is CC[C@H](C)NC(=O)[C@H](C)N(Cc1cccc(Cl)c1)C(=O)CCc1ccccc1. The van der Waals surface area contributed by atoms with Gasteiger partial charge in [-0.05, 0) is 49.9 Å². The van der Waals surface area contributed by atoms with Crippen molar-refractivity contribution in [1.82, 2.24) is 10.2 Å². The number of rotatable bonds is 9. The zero-order chi connectivity index (χ0) is 20.5. The molecule has 2 rings (SSSR count). The van der Waals surface area contributed by atoms with E-state index in [-0.39, 0.29) is 17.9 Å². The molecule has 0 spiro atoms. The Bertz CT molecular complexity index is 779. The maximum absolute atomic E-state index is 13.0. The summed E-state index contributed by atoms with van der Waals surface area (Å²) < 4.78 is 0. The monoisotopic (exact) mass is 400 g/mol. The van der Waals surface area contributed by atoms with E-state index in [1.807, 2.05) is 62.4 Å². The Morgan fingerprint density at radius 2 is 1.71 bits per heavy atom. The van der Waals surface area contributed by atoms with E-state index in [2.05, 4.69) is 5.32 Å². The van der Waals surface area contributed by atoms with Crippen molar-refractivity contribution < 1.29 is 9.59 Å². The second-order valence-corrected chi connectivity index (χ2v) is 7.57. The molecule has 0 aromatic heterocycles. The molecule has 0 aliphatic carbocycles. The fraction of sp³-hybridized carbons (Fsp3) is 0.391. The molecule has 0 fully saturated rings. The van der Waals surface area contributed by atoms with Crippen LogP contribution in [0.4, 0.5) is 0 Å². The Morgan fingerprint density at radius 1 is 1.04 bits per heavy atom. The average Bonchev–Trinajstić information content (AvgIpc) is 2.70. The lowest BCUT2D eigenvalue weighted by molar-refractivity contribution is -0.140. The lowest BCUT2D eigenvalue weighted by Gasteiger charge is -2.30. The maximum atomic E-state index is 13.0. The topological polar surface area (TPSA) is 49.4 Å². The van der Waals surface area contributed by atoms with E-state index in [0.29, 0.717) is 24.4 Å². The van der Waals surface area contributed by atoms with Crippen LogP contribution in [-0.4, -0.2) is 28.8 Å². The van der Waals surface area contributed by atoms with Gasteiger partial charge in [-0.25, -0.2) is 0 Å². The number of halogens is 1. The summed E-state index contributed by atoms with van der Waals surface area (Å²) in [7, 11) is 0. The van der Waals surface area contributed by atoms with Crippen molar-refractivity contribution in [3.05, 3.63) is 70.7 Å². The number of aryl methyl sites for hydroxylation is 1. The molecule has 2 aromatic carbocycles. The van der Waals surface area contributed by atoms with E-state index >= 15 is 0 Å². The molecule has 5 heteroatoms. The maximum Gasteiger partial charge on any atom is 0.242 e. The number of hydrogen-bond acceptors (Lipinski definition) is 2. The zero-order valence-corrected chi connectivity index (χ0v) is 17.6. The highest BCUT2D eigenvalue weighted by atomic mass is 35.5. The molecule has 4 nitrogen and oxygen atoms in total. The summed E-state index contributed by atoms with van der Waals surface area (Å²) in [4.78, 5) is 27.3. The van der Waals surface area contributed by atoms with Gasteiger partial charge in [-0.1, -0.05) is 61.0 Å². The van der Waals surface area contributed by atoms with E-state index in [1.165, 1.54) is 0 Å². The van der Waals surface area contributed by atoms with Crippen molar-refractivity contribution in [1.29, 1.82) is 0 Å². The molecule has 0 radical (unpaired) electrons. The van der Waals surface area contributed by atoms with Crippen molar-refractivity contribution >= 4 is 23.4 Å². The van der Waals surface area contributed by atoms with E-state index in [4.69, 9.17) is 11.6 Å². The molecule has 2 amide bonds. The number of nitrogens with zero attached hydrogens (tertiary/aromatic N) is 1. The minimum Gasteiger partial charge on any atom is -0.352 e. The number of amides is 2. The molecular weight excluding hydrogens is 372 g/mol. The Morgan fingerprint density at radius 3 is 2.36 bits per heavy atom. The van der Waals surface area contributed by atoms with Crippen LogP contribution in [0.5, 0.6) is 0 Å². The van der Waals surface area contributed by atoms with Crippen LogP contribution < -0.4 is 5.32 Å². The Hall–Kier alpha value is -2.33. The number of nitrogens with one attached hydrogen (secondary N) is 1. The van der Waals surface area contributed by atoms with Gasteiger partial charge in [0.1, 0.15) is 6.04 Å². The summed E-state index contributed by atoms with van der Waals surface area (Å²) in [5.74, 6) is -0.180. The molecule has 2 atom stereocenters. The van der Waals surface area contributed by atoms with Gasteiger partial charge in [0.25, 0.3) is 0 Å². The molecule has 0 unspecified atom stereocenters. The minimum absolute atomic E-state index is 0.0457. The molecular formula is C23H29ClN2O2. The minimum atomic E-state index is -0.559. The smallest absolute Gasteiger partial charge is 0.242 e. The van der Waals surface area contributed by atoms with Gasteiger partial charge in [0.05, 0.1) is 0 Å². The molecule has 1 N–H and O–H groups in total. The third-order valence-corrected chi connectivity index (χ3v) is 5.12. The van der Waals surface area contributed by atoms with Gasteiger partial charge in [0.15, 0.2) is 0 Å². The van der Waals surface area contributed by atoms with Gasteiger partial charge in [-0.2, -0.15) is 0 Å². The highest BCUT2D eigenvalue weighted by molar-refractivity contribution is 6.30. The lowest BCUT2D eigenvalue weighted by Crippen LogP contribution is -2.49. The van der Waals surface area contributed by atoms with Crippen LogP contribution in [-0.2, 0) is 22.6 Å². The summed E-state index contributed by atoms with van der Waals surface area (Å²) in [5.41, 5.74) is 2.01. The van der Waals surface area contributed by atoms with Crippen LogP contribution in [0.1, 0.15) is 44.7 Å². The highest BCUT2D eigenvalue weighted by Crippen LogP contribution is 2.16. The van der Waals surface area contributed by atoms with Crippen molar-refractivity contribution in [2.75, 3.05) is 0 Å². The van der Waals surface area contributed by atoms with E-state index in [0.717, 1.165) is 17.5 Å². The van der Waals surface area contributed by atoms with Crippen LogP contribution in [0, 0.1) is 0 Å². The molecule has 0 saturated heterocycles. The first kappa shape index (κ1) is 22.0. The second kappa shape index (κ2) is 10.9. The number of hydrogen-bond donors (Lipinski definition) is 1. The average molecular weight is 401 g/mol. The molecule has 0 aliphatic heterocycles. The largest absolute Gasteiger partial charge is 0.352 e. The van der Waals surface area contributed by atoms with Gasteiger partial charge in [0, 0.05) is 24.0 Å². The van der Waals surface area contributed by atoms with Gasteiger partial charge in [0.2, 0.25) is 11.8 Å². The summed E-state index contributed by atoms with van der Waals surface area (Å²) in [6.07, 6.45) is 1.84. The van der Waals surface area contributed by atoms with Crippen molar-refractivity contribution in [2.45, 2.75) is 58.7 Å². The van der Waals surface area contributed by atoms with Gasteiger partial charge in [-0.15, -0.1) is 0 Å². The van der Waals surface area contributed by atoms with Crippen LogP contribution in [0.3, 0.4) is 0 Å². The fourth-order valence-corrected chi connectivity index (χ4v) is 3.13. The summed E-state index contributed by atoms with van der Waals surface area (Å²) in [6.45, 7) is 6.11. The van der Waals surface area contributed by atoms with Crippen LogP contribution >= 0.6 is 11.6 Å². The fourth-order valence-electron chi connectivity index (χ4n) is 2.92. The Kier molecular flexibility index (Phi) is 8.52. The van der Waals surface area contributed by atoms with Crippen molar-refractivity contribution in [2.24, 2.45) is 0 Å². The standard InChI is InChI=1S/C23H29ClN2O2/c1-4-17(2)25-23(28)18(3)26(16-20-11-8-12-21(24)15-20)22(27)14-13-19-9-6-5-7-10-19/h5-12,15,17-18H,4,13-14,16H2,1-3H3,(H,25,28)/t17-,18-/m0/s1. The Labute approximate surface area is 172 Å². The first-order valence-electron chi connectivity index (χ1n) is 9.79. The third kappa shape index (κ3) is 6.68. The highest BCUT2D eigenvalue weighted by Gasteiger charge is 2.26. The van der Waals surface area contributed by atoms with E-state index < -0.39 is 6.04 Å². The van der Waals surface area contributed by atoms with Crippen molar-refractivity contribution in [3.63, 3.8) is 0 Å². The molecule has 2 aromatic rings. The molecule has 28 heavy (non-hydrogen) atoms.